The number of fused-ring (bicyclic) bond motifs is 2. The van der Waals surface area contributed by atoms with E-state index in [-0.39, 0.29) is 6.10 Å². The third-order valence-corrected chi connectivity index (χ3v) is 8.76. The van der Waals surface area contributed by atoms with Gasteiger partial charge in [0.05, 0.1) is 33.2 Å². The summed E-state index contributed by atoms with van der Waals surface area (Å²) in [5.41, 5.74) is -0.617. The number of hydrogen-bond acceptors (Lipinski definition) is 4. The second kappa shape index (κ2) is 13.7. The first-order chi connectivity index (χ1) is 14.8. The zero-order valence-electron chi connectivity index (χ0n) is 20.7. The lowest BCUT2D eigenvalue weighted by Gasteiger charge is -2.57. The van der Waals surface area contributed by atoms with Crippen LogP contribution in [0.2, 0.25) is 0 Å². The summed E-state index contributed by atoms with van der Waals surface area (Å²) in [6, 6.07) is 0. The van der Waals surface area contributed by atoms with Crippen LogP contribution in [0.25, 0.3) is 0 Å². The molecular formula is C25H50NO4P. The smallest absolute Gasteiger partial charge is 0.273 e. The molecule has 184 valence electrons. The van der Waals surface area contributed by atoms with E-state index < -0.39 is 13.5 Å². The Morgan fingerprint density at radius 2 is 1.29 bits per heavy atom. The van der Waals surface area contributed by atoms with Crippen LogP contribution in [-0.2, 0) is 13.6 Å². The third kappa shape index (κ3) is 9.45. The zero-order chi connectivity index (χ0) is 22.6. The van der Waals surface area contributed by atoms with E-state index >= 15 is 0 Å². The Kier molecular flexibility index (Phi) is 12.1. The molecule has 2 fully saturated rings. The molecule has 2 bridgehead atoms. The molecule has 2 rings (SSSR count). The summed E-state index contributed by atoms with van der Waals surface area (Å²) < 4.78 is 23.5. The average Bonchev–Trinajstić information content (AvgIpc) is 2.70. The molecule has 2 saturated heterocycles. The van der Waals surface area contributed by atoms with Crippen LogP contribution >= 0.6 is 7.82 Å². The molecular weight excluding hydrogens is 409 g/mol. The van der Waals surface area contributed by atoms with Crippen molar-refractivity contribution in [2.75, 3.05) is 20.6 Å². The van der Waals surface area contributed by atoms with Crippen LogP contribution in [0.1, 0.15) is 129 Å². The lowest BCUT2D eigenvalue weighted by atomic mass is 9.89. The molecule has 0 aromatic heterocycles. The number of unbranched alkanes of at least 4 members (excludes halogenated alkanes) is 15. The van der Waals surface area contributed by atoms with Crippen LogP contribution in [0.3, 0.4) is 0 Å². The van der Waals surface area contributed by atoms with Gasteiger partial charge in [-0.25, -0.2) is 0 Å². The molecule has 0 N–H and O–H groups in total. The van der Waals surface area contributed by atoms with Gasteiger partial charge < -0.3 is 13.9 Å². The summed E-state index contributed by atoms with van der Waals surface area (Å²) in [6.45, 7) is 3.19. The highest BCUT2D eigenvalue weighted by atomic mass is 31.2. The predicted molar refractivity (Wildman–Crippen MR) is 127 cm³/mol. The van der Waals surface area contributed by atoms with E-state index in [1.165, 1.54) is 89.9 Å². The Labute approximate surface area is 192 Å². The van der Waals surface area contributed by atoms with E-state index in [0.717, 1.165) is 32.2 Å². The maximum Gasteiger partial charge on any atom is 0.273 e. The molecule has 2 aliphatic rings. The summed E-state index contributed by atoms with van der Waals surface area (Å²) in [5.74, 6) is 0. The number of phosphoric ester groups is 1. The maximum absolute atomic E-state index is 12.1. The fourth-order valence-corrected chi connectivity index (χ4v) is 6.82. The molecule has 0 aromatic carbocycles. The van der Waals surface area contributed by atoms with Crippen molar-refractivity contribution in [1.82, 2.24) is 0 Å². The number of hydrogen-bond donors (Lipinski definition) is 0. The van der Waals surface area contributed by atoms with Gasteiger partial charge in [-0.15, -0.1) is 0 Å². The first-order valence-electron chi connectivity index (χ1n) is 13.3. The minimum absolute atomic E-state index is 0.190. The highest BCUT2D eigenvalue weighted by Crippen LogP contribution is 2.57. The van der Waals surface area contributed by atoms with Crippen LogP contribution in [0.15, 0.2) is 0 Å². The van der Waals surface area contributed by atoms with Crippen LogP contribution in [0.4, 0.5) is 0 Å². The molecule has 3 atom stereocenters. The normalized spacial score (nSPS) is 29.9. The van der Waals surface area contributed by atoms with E-state index in [2.05, 4.69) is 21.0 Å². The number of phosphoric acid groups is 1. The summed E-state index contributed by atoms with van der Waals surface area (Å²) in [5, 5.41) is 0. The third-order valence-electron chi connectivity index (χ3n) is 7.64. The summed E-state index contributed by atoms with van der Waals surface area (Å²) in [4.78, 5) is 12.1. The van der Waals surface area contributed by atoms with Gasteiger partial charge in [-0.05, 0) is 6.42 Å². The molecule has 3 unspecified atom stereocenters. The van der Waals surface area contributed by atoms with Gasteiger partial charge in [-0.3, -0.25) is 9.09 Å². The molecule has 0 aliphatic carbocycles. The molecule has 5 nitrogen and oxygen atoms in total. The molecule has 0 aromatic rings. The van der Waals surface area contributed by atoms with Crippen LogP contribution in [-0.4, -0.2) is 37.0 Å². The second-order valence-corrected chi connectivity index (χ2v) is 12.0. The highest BCUT2D eigenvalue weighted by molar-refractivity contribution is 7.46. The van der Waals surface area contributed by atoms with Gasteiger partial charge in [0, 0.05) is 12.8 Å². The van der Waals surface area contributed by atoms with Crippen molar-refractivity contribution in [3.8, 4) is 0 Å². The van der Waals surface area contributed by atoms with E-state index in [4.69, 9.17) is 9.05 Å². The number of likely N-dealkylation sites (tertiary alicyclic amines) is 1. The fourth-order valence-electron chi connectivity index (χ4n) is 5.43. The standard InChI is InChI=1S/C25H50NO4P/c1-4-5-6-7-8-9-10-11-12-13-14-15-16-17-18-19-21-25-23-24(20-22-26(25,2)3)29-31(27,28)30-25/h24H,4-23H2,1-3H3. The topological polar surface area (TPSA) is 58.6 Å². The van der Waals surface area contributed by atoms with Crippen molar-refractivity contribution in [2.24, 2.45) is 0 Å². The molecule has 0 spiro atoms. The monoisotopic (exact) mass is 459 g/mol. The van der Waals surface area contributed by atoms with E-state index in [1.807, 2.05) is 0 Å². The molecule has 31 heavy (non-hydrogen) atoms. The molecule has 2 aliphatic heterocycles. The first kappa shape index (κ1) is 27.3. The second-order valence-electron chi connectivity index (χ2n) is 10.7. The van der Waals surface area contributed by atoms with E-state index in [1.54, 1.807) is 0 Å². The molecule has 0 amide bonds. The van der Waals surface area contributed by atoms with Crippen molar-refractivity contribution < 1.29 is 23.0 Å². The van der Waals surface area contributed by atoms with Gasteiger partial charge in [0.25, 0.3) is 7.82 Å². The lowest BCUT2D eigenvalue weighted by molar-refractivity contribution is -0.972. The van der Waals surface area contributed by atoms with E-state index in [9.17, 15) is 9.46 Å². The van der Waals surface area contributed by atoms with E-state index in [0.29, 0.717) is 10.9 Å². The number of piperidine rings is 1. The number of rotatable bonds is 17. The Morgan fingerprint density at radius 3 is 1.77 bits per heavy atom. The van der Waals surface area contributed by atoms with Gasteiger partial charge in [0.2, 0.25) is 5.72 Å². The largest absolute Gasteiger partial charge is 0.756 e. The molecule has 0 saturated carbocycles. The van der Waals surface area contributed by atoms with Gasteiger partial charge in [-0.2, -0.15) is 0 Å². The Balaban J connectivity index is 1.47. The molecule has 0 radical (unpaired) electrons. The lowest BCUT2D eigenvalue weighted by Crippen LogP contribution is -2.67. The van der Waals surface area contributed by atoms with Gasteiger partial charge in [-0.1, -0.05) is 103 Å². The minimum Gasteiger partial charge on any atom is -0.756 e. The van der Waals surface area contributed by atoms with Gasteiger partial charge in [0.15, 0.2) is 0 Å². The SMILES string of the molecule is CCCCCCCCCCCCCCCCCCC12CC(CC[N+]1(C)C)OP(=O)([O-])O2. The van der Waals surface area contributed by atoms with Crippen molar-refractivity contribution in [2.45, 2.75) is 141 Å². The van der Waals surface area contributed by atoms with Crippen LogP contribution in [0, 0.1) is 0 Å². The first-order valence-corrected chi connectivity index (χ1v) is 14.8. The summed E-state index contributed by atoms with van der Waals surface area (Å²) in [7, 11) is 0.0439. The van der Waals surface area contributed by atoms with Crippen LogP contribution in [0.5, 0.6) is 0 Å². The summed E-state index contributed by atoms with van der Waals surface area (Å²) in [6.07, 6.45) is 23.7. The van der Waals surface area contributed by atoms with Crippen molar-refractivity contribution >= 4 is 7.82 Å². The summed E-state index contributed by atoms with van der Waals surface area (Å²) >= 11 is 0. The number of quaternary nitrogens is 1. The predicted octanol–water partition coefficient (Wildman–Crippen LogP) is 7.09. The minimum atomic E-state index is -4.17. The molecule has 2 heterocycles. The van der Waals surface area contributed by atoms with Crippen molar-refractivity contribution in [1.29, 1.82) is 0 Å². The van der Waals surface area contributed by atoms with Gasteiger partial charge in [0.1, 0.15) is 0 Å². The fraction of sp³-hybridized carbons (Fsp3) is 1.00. The quantitative estimate of drug-likeness (QED) is 0.132. The Hall–Kier alpha value is 0.0700. The Bertz CT molecular complexity index is 542. The Morgan fingerprint density at radius 1 is 0.839 bits per heavy atom. The highest BCUT2D eigenvalue weighted by Gasteiger charge is 2.57. The van der Waals surface area contributed by atoms with Gasteiger partial charge >= 0.3 is 0 Å². The molecule has 6 heteroatoms. The average molecular weight is 460 g/mol. The van der Waals surface area contributed by atoms with Crippen molar-refractivity contribution in [3.05, 3.63) is 0 Å². The van der Waals surface area contributed by atoms with Crippen LogP contribution < -0.4 is 4.89 Å². The van der Waals surface area contributed by atoms with Crippen molar-refractivity contribution in [3.63, 3.8) is 0 Å². The number of nitrogens with zero attached hydrogens (tertiary/aromatic N) is 1. The maximum atomic E-state index is 12.1. The zero-order valence-corrected chi connectivity index (χ0v) is 21.6.